The van der Waals surface area contributed by atoms with E-state index in [0.717, 1.165) is 18.5 Å². The minimum atomic E-state index is -0.330. The Hall–Kier alpha value is -1.46. The zero-order valence-electron chi connectivity index (χ0n) is 11.1. The molecule has 0 spiro atoms. The Morgan fingerprint density at radius 3 is 2.63 bits per heavy atom. The summed E-state index contributed by atoms with van der Waals surface area (Å²) in [6.45, 7) is 0.509. The fourth-order valence-corrected chi connectivity index (χ4v) is 2.34. The lowest BCUT2D eigenvalue weighted by molar-refractivity contribution is 0.0292. The maximum absolute atomic E-state index is 11.3. The molecule has 1 amide bonds. The molecule has 1 saturated carbocycles. The molecule has 2 rings (SSSR count). The highest BCUT2D eigenvalue weighted by Crippen LogP contribution is 2.20. The summed E-state index contributed by atoms with van der Waals surface area (Å²) in [7, 11) is 0. The summed E-state index contributed by atoms with van der Waals surface area (Å²) in [6.07, 6.45) is 9.33. The van der Waals surface area contributed by atoms with Gasteiger partial charge in [0, 0.05) is 6.20 Å². The van der Waals surface area contributed by atoms with Gasteiger partial charge < -0.3 is 4.74 Å². The lowest BCUT2D eigenvalue weighted by Gasteiger charge is -2.14. The molecular weight excluding hydrogens is 242 g/mol. The molecule has 0 aromatic carbocycles. The molecule has 0 radical (unpaired) electrons. The van der Waals surface area contributed by atoms with E-state index in [-0.39, 0.29) is 5.91 Å². The molecule has 0 unspecified atom stereocenters. The van der Waals surface area contributed by atoms with Crippen LogP contribution < -0.4 is 11.3 Å². The van der Waals surface area contributed by atoms with Crippen LogP contribution in [0.1, 0.15) is 54.6 Å². The van der Waals surface area contributed by atoms with Crippen molar-refractivity contribution in [2.24, 2.45) is 5.84 Å². The Balaban J connectivity index is 1.83. The molecule has 19 heavy (non-hydrogen) atoms. The van der Waals surface area contributed by atoms with E-state index in [1.807, 2.05) is 0 Å². The maximum Gasteiger partial charge on any atom is 0.266 e. The maximum atomic E-state index is 11.3. The van der Waals surface area contributed by atoms with Crippen LogP contribution in [-0.4, -0.2) is 17.0 Å². The van der Waals surface area contributed by atoms with Gasteiger partial charge in [0.05, 0.1) is 24.0 Å². The van der Waals surface area contributed by atoms with Gasteiger partial charge in [-0.25, -0.2) is 5.84 Å². The number of nitrogen functional groups attached to an aromatic ring is 1. The number of nitrogens with one attached hydrogen (secondary N) is 1. The van der Waals surface area contributed by atoms with E-state index >= 15 is 0 Å². The number of rotatable bonds is 4. The topological polar surface area (TPSA) is 77.2 Å². The van der Waals surface area contributed by atoms with Crippen LogP contribution in [0.15, 0.2) is 18.3 Å². The second kappa shape index (κ2) is 7.21. The van der Waals surface area contributed by atoms with Crippen LogP contribution in [0.3, 0.4) is 0 Å². The van der Waals surface area contributed by atoms with Crippen LogP contribution in [-0.2, 0) is 11.3 Å². The fourth-order valence-electron chi connectivity index (χ4n) is 2.34. The van der Waals surface area contributed by atoms with Crippen molar-refractivity contribution in [2.45, 2.75) is 51.2 Å². The van der Waals surface area contributed by atoms with Crippen LogP contribution in [0, 0.1) is 0 Å². The molecule has 5 nitrogen and oxygen atoms in total. The summed E-state index contributed by atoms with van der Waals surface area (Å²) in [4.78, 5) is 15.5. The number of aromatic nitrogens is 1. The monoisotopic (exact) mass is 263 g/mol. The minimum Gasteiger partial charge on any atom is -0.372 e. The summed E-state index contributed by atoms with van der Waals surface area (Å²) in [5.74, 6) is 4.73. The number of carbonyl (C=O) groups is 1. The van der Waals surface area contributed by atoms with Crippen molar-refractivity contribution in [3.8, 4) is 0 Å². The number of hydrogen-bond acceptors (Lipinski definition) is 4. The normalized spacial score (nSPS) is 16.9. The average Bonchev–Trinajstić information content (AvgIpc) is 2.73. The van der Waals surface area contributed by atoms with Gasteiger partial charge in [-0.2, -0.15) is 0 Å². The largest absolute Gasteiger partial charge is 0.372 e. The standard InChI is InChI=1S/C14H21N3O2/c15-17-14(18)11-7-8-12(16-9-11)10-19-13-5-3-1-2-4-6-13/h7-9,13H,1-6,10,15H2,(H,17,18). The zero-order chi connectivity index (χ0) is 13.5. The molecule has 1 aliphatic carbocycles. The van der Waals surface area contributed by atoms with Gasteiger partial charge in [0.2, 0.25) is 0 Å². The number of amides is 1. The highest BCUT2D eigenvalue weighted by atomic mass is 16.5. The van der Waals surface area contributed by atoms with Crippen molar-refractivity contribution < 1.29 is 9.53 Å². The first-order chi connectivity index (χ1) is 9.29. The van der Waals surface area contributed by atoms with E-state index in [0.29, 0.717) is 18.3 Å². The van der Waals surface area contributed by atoms with E-state index in [1.54, 1.807) is 12.1 Å². The van der Waals surface area contributed by atoms with Gasteiger partial charge in [-0.05, 0) is 25.0 Å². The predicted octanol–water partition coefficient (Wildman–Crippen LogP) is 1.92. The van der Waals surface area contributed by atoms with Crippen molar-refractivity contribution in [3.63, 3.8) is 0 Å². The van der Waals surface area contributed by atoms with Gasteiger partial charge in [-0.15, -0.1) is 0 Å². The zero-order valence-corrected chi connectivity index (χ0v) is 11.1. The smallest absolute Gasteiger partial charge is 0.266 e. The molecule has 5 heteroatoms. The van der Waals surface area contributed by atoms with Gasteiger partial charge in [0.1, 0.15) is 0 Å². The quantitative estimate of drug-likeness (QED) is 0.376. The van der Waals surface area contributed by atoms with Gasteiger partial charge >= 0.3 is 0 Å². The lowest BCUT2D eigenvalue weighted by atomic mass is 10.1. The molecule has 104 valence electrons. The second-order valence-electron chi connectivity index (χ2n) is 4.94. The van der Waals surface area contributed by atoms with E-state index in [2.05, 4.69) is 10.4 Å². The fraction of sp³-hybridized carbons (Fsp3) is 0.571. The van der Waals surface area contributed by atoms with Crippen LogP contribution in [0.5, 0.6) is 0 Å². The first kappa shape index (κ1) is 14.0. The van der Waals surface area contributed by atoms with E-state index < -0.39 is 0 Å². The van der Waals surface area contributed by atoms with Gasteiger partial charge in [0.15, 0.2) is 0 Å². The van der Waals surface area contributed by atoms with Crippen molar-refractivity contribution >= 4 is 5.91 Å². The third-order valence-corrected chi connectivity index (χ3v) is 3.49. The van der Waals surface area contributed by atoms with Crippen LogP contribution in [0.25, 0.3) is 0 Å². The first-order valence-electron chi connectivity index (χ1n) is 6.87. The van der Waals surface area contributed by atoms with Crippen molar-refractivity contribution in [3.05, 3.63) is 29.6 Å². The first-order valence-corrected chi connectivity index (χ1v) is 6.87. The Kier molecular flexibility index (Phi) is 5.30. The van der Waals surface area contributed by atoms with E-state index in [1.165, 1.54) is 31.9 Å². The average molecular weight is 263 g/mol. The summed E-state index contributed by atoms with van der Waals surface area (Å²) in [6, 6.07) is 3.52. The van der Waals surface area contributed by atoms with Crippen molar-refractivity contribution in [1.29, 1.82) is 0 Å². The Morgan fingerprint density at radius 2 is 2.05 bits per heavy atom. The molecule has 1 aromatic rings. The molecule has 1 heterocycles. The summed E-state index contributed by atoms with van der Waals surface area (Å²) >= 11 is 0. The van der Waals surface area contributed by atoms with Gasteiger partial charge in [-0.1, -0.05) is 25.7 Å². The lowest BCUT2D eigenvalue weighted by Crippen LogP contribution is -2.30. The molecule has 0 atom stereocenters. The molecular formula is C14H21N3O2. The highest BCUT2D eigenvalue weighted by molar-refractivity contribution is 5.93. The number of hydrazine groups is 1. The Labute approximate surface area is 113 Å². The molecule has 0 aliphatic heterocycles. The number of pyridine rings is 1. The number of carbonyl (C=O) groups excluding carboxylic acids is 1. The predicted molar refractivity (Wildman–Crippen MR) is 72.2 cm³/mol. The second-order valence-corrected chi connectivity index (χ2v) is 4.94. The molecule has 1 aromatic heterocycles. The van der Waals surface area contributed by atoms with Crippen molar-refractivity contribution in [2.75, 3.05) is 0 Å². The summed E-state index contributed by atoms with van der Waals surface area (Å²) in [5, 5.41) is 0. The number of hydrogen-bond donors (Lipinski definition) is 2. The minimum absolute atomic E-state index is 0.330. The van der Waals surface area contributed by atoms with Crippen molar-refractivity contribution in [1.82, 2.24) is 10.4 Å². The number of nitrogens with two attached hydrogens (primary N) is 1. The Morgan fingerprint density at radius 1 is 1.32 bits per heavy atom. The SMILES string of the molecule is NNC(=O)c1ccc(COC2CCCCCC2)nc1. The van der Waals surface area contributed by atoms with Gasteiger partial charge in [-0.3, -0.25) is 15.2 Å². The third-order valence-electron chi connectivity index (χ3n) is 3.49. The Bertz CT molecular complexity index is 398. The summed E-state index contributed by atoms with van der Waals surface area (Å²) in [5.41, 5.74) is 3.39. The molecule has 0 bridgehead atoms. The van der Waals surface area contributed by atoms with Crippen LogP contribution >= 0.6 is 0 Å². The number of ether oxygens (including phenoxy) is 1. The molecule has 1 fully saturated rings. The van der Waals surface area contributed by atoms with E-state index in [4.69, 9.17) is 10.6 Å². The van der Waals surface area contributed by atoms with Crippen LogP contribution in [0.2, 0.25) is 0 Å². The molecule has 3 N–H and O–H groups in total. The molecule has 1 aliphatic rings. The highest BCUT2D eigenvalue weighted by Gasteiger charge is 2.13. The van der Waals surface area contributed by atoms with E-state index in [9.17, 15) is 4.79 Å². The van der Waals surface area contributed by atoms with Gasteiger partial charge in [0.25, 0.3) is 5.91 Å². The van der Waals surface area contributed by atoms with Crippen LogP contribution in [0.4, 0.5) is 0 Å². The summed E-state index contributed by atoms with van der Waals surface area (Å²) < 4.78 is 5.89. The molecule has 0 saturated heterocycles. The number of nitrogens with zero attached hydrogens (tertiary/aromatic N) is 1. The third kappa shape index (κ3) is 4.29.